The minimum Gasteiger partial charge on any atom is -0.504 e. The van der Waals surface area contributed by atoms with Crippen LogP contribution in [0.1, 0.15) is 59.8 Å². The lowest BCUT2D eigenvalue weighted by atomic mass is 9.61. The third-order valence-corrected chi connectivity index (χ3v) is 8.04. The molecule has 0 saturated heterocycles. The van der Waals surface area contributed by atoms with Gasteiger partial charge in [0.05, 0.1) is 11.9 Å². The van der Waals surface area contributed by atoms with E-state index in [1.54, 1.807) is 18.4 Å². The number of carbonyl (C=O) groups is 2. The lowest BCUT2D eigenvalue weighted by Crippen LogP contribution is -2.39. The van der Waals surface area contributed by atoms with Crippen molar-refractivity contribution in [1.82, 2.24) is 4.90 Å². The number of aliphatic hydroxyl groups excluding tert-OH is 1. The van der Waals surface area contributed by atoms with Gasteiger partial charge in [0.15, 0.2) is 11.5 Å². The largest absolute Gasteiger partial charge is 0.504 e. The van der Waals surface area contributed by atoms with Gasteiger partial charge in [0, 0.05) is 47.8 Å². The fourth-order valence-electron chi connectivity index (χ4n) is 6.31. The van der Waals surface area contributed by atoms with Gasteiger partial charge in [0.25, 0.3) is 0 Å². The quantitative estimate of drug-likeness (QED) is 0.214. The molecule has 0 radical (unpaired) electrons. The highest BCUT2D eigenvalue weighted by Gasteiger charge is 2.51. The molecule has 194 valence electrons. The summed E-state index contributed by atoms with van der Waals surface area (Å²) in [6.07, 6.45) is 10.4. The summed E-state index contributed by atoms with van der Waals surface area (Å²) in [5.74, 6) is -0.192. The lowest BCUT2D eigenvalue weighted by molar-refractivity contribution is -0.117. The van der Waals surface area contributed by atoms with Crippen LogP contribution in [-0.4, -0.2) is 40.8 Å². The molecule has 0 spiro atoms. The first-order chi connectivity index (χ1) is 16.9. The Bertz CT molecular complexity index is 1080. The number of fused-ring (bicyclic) bond motifs is 1. The summed E-state index contributed by atoms with van der Waals surface area (Å²) in [7, 11) is 0. The molecule has 2 saturated carbocycles. The normalized spacial score (nSPS) is 30.1. The Morgan fingerprint density at radius 2 is 1.89 bits per heavy atom. The van der Waals surface area contributed by atoms with Crippen LogP contribution in [0.3, 0.4) is 0 Å². The zero-order valence-corrected chi connectivity index (χ0v) is 22.4. The average molecular weight is 492 g/mol. The van der Waals surface area contributed by atoms with E-state index < -0.39 is 5.41 Å². The molecule has 3 rings (SSSR count). The van der Waals surface area contributed by atoms with Gasteiger partial charge >= 0.3 is 0 Å². The zero-order valence-electron chi connectivity index (χ0n) is 22.4. The van der Waals surface area contributed by atoms with Crippen LogP contribution in [0.15, 0.2) is 84.6 Å². The molecule has 4 atom stereocenters. The first kappa shape index (κ1) is 27.5. The Balaban J connectivity index is 2.04. The molecule has 0 heterocycles. The number of ketones is 2. The molecule has 3 aliphatic carbocycles. The van der Waals surface area contributed by atoms with Gasteiger partial charge in [0.2, 0.25) is 5.78 Å². The molecule has 0 aliphatic heterocycles. The molecule has 0 amide bonds. The van der Waals surface area contributed by atoms with Crippen LogP contribution < -0.4 is 0 Å². The predicted molar refractivity (Wildman–Crippen MR) is 145 cm³/mol. The molecule has 0 bridgehead atoms. The van der Waals surface area contributed by atoms with Crippen molar-refractivity contribution in [3.05, 3.63) is 84.6 Å². The fourth-order valence-corrected chi connectivity index (χ4v) is 6.31. The molecule has 0 aromatic rings. The number of nitrogens with zero attached hydrogens (tertiary/aromatic N) is 1. The van der Waals surface area contributed by atoms with Crippen LogP contribution in [0.4, 0.5) is 0 Å². The van der Waals surface area contributed by atoms with Crippen molar-refractivity contribution >= 4 is 11.6 Å². The van der Waals surface area contributed by atoms with Crippen LogP contribution >= 0.6 is 0 Å². The summed E-state index contributed by atoms with van der Waals surface area (Å²) in [6, 6.07) is 0. The number of hydrogen-bond acceptors (Lipinski definition) is 5. The highest BCUT2D eigenvalue weighted by molar-refractivity contribution is 6.13. The van der Waals surface area contributed by atoms with E-state index >= 15 is 0 Å². The smallest absolute Gasteiger partial charge is 0.223 e. The molecule has 5 heteroatoms. The van der Waals surface area contributed by atoms with Gasteiger partial charge in [-0.25, -0.2) is 0 Å². The van der Waals surface area contributed by atoms with E-state index in [-0.39, 0.29) is 34.8 Å². The molecule has 5 nitrogen and oxygen atoms in total. The highest BCUT2D eigenvalue weighted by Crippen LogP contribution is 2.57. The fraction of sp³-hybridized carbons (Fsp3) is 0.484. The number of ether oxygens (including phenoxy) is 1. The van der Waals surface area contributed by atoms with Crippen molar-refractivity contribution in [1.29, 1.82) is 0 Å². The summed E-state index contributed by atoms with van der Waals surface area (Å²) in [5, 5.41) is 11.3. The zero-order chi connectivity index (χ0) is 26.8. The summed E-state index contributed by atoms with van der Waals surface area (Å²) in [6.45, 7) is 24.8. The molecule has 36 heavy (non-hydrogen) atoms. The van der Waals surface area contributed by atoms with Gasteiger partial charge in [0.1, 0.15) is 0 Å². The van der Waals surface area contributed by atoms with Crippen LogP contribution in [0.2, 0.25) is 0 Å². The summed E-state index contributed by atoms with van der Waals surface area (Å²) in [4.78, 5) is 28.7. The van der Waals surface area contributed by atoms with Gasteiger partial charge < -0.3 is 14.7 Å². The number of hydrogen-bond donors (Lipinski definition) is 1. The number of rotatable bonds is 10. The Hall–Kier alpha value is -3.08. The molecule has 0 aromatic heterocycles. The van der Waals surface area contributed by atoms with Gasteiger partial charge in [-0.15, -0.1) is 13.2 Å². The topological polar surface area (TPSA) is 66.8 Å². The second-order valence-corrected chi connectivity index (χ2v) is 11.0. The summed E-state index contributed by atoms with van der Waals surface area (Å²) >= 11 is 0. The SMILES string of the molecule is C=CCN(/C=C1\C(=O)CCC2(C)C=C([C@@H]3CCC(=C)C3(C)C[C@H](C)OC(=C)C)C(=O)C(O)=C12)CC=C. The van der Waals surface area contributed by atoms with E-state index in [0.29, 0.717) is 54.8 Å². The monoisotopic (exact) mass is 491 g/mol. The van der Waals surface area contributed by atoms with Crippen LogP contribution in [-0.2, 0) is 14.3 Å². The Morgan fingerprint density at radius 1 is 1.25 bits per heavy atom. The van der Waals surface area contributed by atoms with E-state index in [2.05, 4.69) is 33.2 Å². The third-order valence-electron chi connectivity index (χ3n) is 8.04. The Labute approximate surface area is 216 Å². The average Bonchev–Trinajstić information content (AvgIpc) is 3.06. The first-order valence-corrected chi connectivity index (χ1v) is 12.8. The van der Waals surface area contributed by atoms with Gasteiger partial charge in [-0.2, -0.15) is 0 Å². The van der Waals surface area contributed by atoms with Gasteiger partial charge in [-0.1, -0.05) is 50.8 Å². The van der Waals surface area contributed by atoms with Gasteiger partial charge in [-0.3, -0.25) is 9.59 Å². The molecule has 2 unspecified atom stereocenters. The maximum absolute atomic E-state index is 13.7. The summed E-state index contributed by atoms with van der Waals surface area (Å²) < 4.78 is 5.86. The number of carbonyl (C=O) groups excluding carboxylic acids is 2. The van der Waals surface area contributed by atoms with Crippen molar-refractivity contribution in [2.75, 3.05) is 13.1 Å². The van der Waals surface area contributed by atoms with Crippen molar-refractivity contribution in [2.24, 2.45) is 16.7 Å². The van der Waals surface area contributed by atoms with Crippen molar-refractivity contribution in [3.63, 3.8) is 0 Å². The molecule has 3 aliphatic rings. The van der Waals surface area contributed by atoms with E-state index in [1.165, 1.54) is 0 Å². The van der Waals surface area contributed by atoms with Crippen LogP contribution in [0.5, 0.6) is 0 Å². The Kier molecular flexibility index (Phi) is 8.02. The van der Waals surface area contributed by atoms with Gasteiger partial charge in [-0.05, 0) is 50.9 Å². The standard InChI is InChI=1S/C31H41NO4/c1-9-15-32(16-10-2)19-24-26(33)13-14-30(7)18-23(28(34)29(35)27(24)30)25-12-11-21(5)31(25,8)17-22(6)36-20(3)4/h9-10,18-19,22,25,35H,1-3,5,11-17H2,4,6-8H3/b24-19+/t22-,25-,30?,31?/m0/s1. The van der Waals surface area contributed by atoms with E-state index in [4.69, 9.17) is 4.74 Å². The minimum atomic E-state index is -0.619. The first-order valence-electron chi connectivity index (χ1n) is 12.8. The molecule has 0 aromatic carbocycles. The highest BCUT2D eigenvalue weighted by atomic mass is 16.5. The molecule has 2 fully saturated rings. The van der Waals surface area contributed by atoms with Crippen LogP contribution in [0, 0.1) is 16.7 Å². The molecular weight excluding hydrogens is 450 g/mol. The van der Waals surface area contributed by atoms with Crippen molar-refractivity contribution in [3.8, 4) is 0 Å². The molecule has 1 N–H and O–H groups in total. The van der Waals surface area contributed by atoms with E-state index in [0.717, 1.165) is 18.4 Å². The number of Topliss-reactive ketones (excluding diaryl/α,β-unsaturated/α-hetero) is 2. The van der Waals surface area contributed by atoms with E-state index in [1.807, 2.05) is 31.7 Å². The van der Waals surface area contributed by atoms with Crippen LogP contribution in [0.25, 0.3) is 0 Å². The Morgan fingerprint density at radius 3 is 2.47 bits per heavy atom. The maximum Gasteiger partial charge on any atom is 0.223 e. The predicted octanol–water partition coefficient (Wildman–Crippen LogP) is 6.54. The second kappa shape index (κ2) is 10.5. The summed E-state index contributed by atoms with van der Waals surface area (Å²) in [5.41, 5.74) is 1.59. The lowest BCUT2D eigenvalue weighted by Gasteiger charge is -2.42. The van der Waals surface area contributed by atoms with Crippen molar-refractivity contribution in [2.45, 2.75) is 65.9 Å². The third kappa shape index (κ3) is 5.07. The molecular formula is C31H41NO4. The minimum absolute atomic E-state index is 0.0679. The van der Waals surface area contributed by atoms with E-state index in [9.17, 15) is 14.7 Å². The number of allylic oxidation sites excluding steroid dienone is 6. The van der Waals surface area contributed by atoms with Crippen molar-refractivity contribution < 1.29 is 19.4 Å². The second-order valence-electron chi connectivity index (χ2n) is 11.0. The maximum atomic E-state index is 13.7. The number of aliphatic hydroxyl groups is 1.